The third-order valence-corrected chi connectivity index (χ3v) is 3.37. The van der Waals surface area contributed by atoms with E-state index in [4.69, 9.17) is 5.73 Å². The zero-order valence-electron chi connectivity index (χ0n) is 7.38. The van der Waals surface area contributed by atoms with Gasteiger partial charge in [0.25, 0.3) is 0 Å². The maximum absolute atomic E-state index is 10.5. The molecule has 0 saturated heterocycles. The van der Waals surface area contributed by atoms with Gasteiger partial charge in [-0.3, -0.25) is 0 Å². The van der Waals surface area contributed by atoms with Crippen LogP contribution < -0.4 is 11.1 Å². The quantitative estimate of drug-likeness (QED) is 0.702. The van der Waals surface area contributed by atoms with Crippen molar-refractivity contribution in [1.82, 2.24) is 5.32 Å². The fourth-order valence-electron chi connectivity index (χ4n) is 1.66. The van der Waals surface area contributed by atoms with Crippen molar-refractivity contribution < 1.29 is 4.79 Å². The highest BCUT2D eigenvalue weighted by atomic mass is 32.2. The first kappa shape index (κ1) is 9.71. The summed E-state index contributed by atoms with van der Waals surface area (Å²) in [6.45, 7) is 2.17. The summed E-state index contributed by atoms with van der Waals surface area (Å²) in [5.41, 5.74) is 5.03. The minimum Gasteiger partial charge on any atom is -0.352 e. The summed E-state index contributed by atoms with van der Waals surface area (Å²) in [5, 5.41) is 3.48. The Balaban J connectivity index is 2.21. The molecule has 3 N–H and O–H groups in total. The highest BCUT2D eigenvalue weighted by Gasteiger charge is 2.24. The van der Waals surface area contributed by atoms with Crippen molar-refractivity contribution >= 4 is 17.8 Å². The van der Waals surface area contributed by atoms with Crippen LogP contribution in [0, 0.1) is 0 Å². The smallest absolute Gasteiger partial charge is 0.312 e. The number of amides is 2. The fourth-order valence-corrected chi connectivity index (χ4v) is 2.80. The minimum atomic E-state index is -0.387. The Morgan fingerprint density at radius 2 is 2.42 bits per heavy atom. The van der Waals surface area contributed by atoms with Gasteiger partial charge in [-0.2, -0.15) is 11.8 Å². The van der Waals surface area contributed by atoms with Gasteiger partial charge in [-0.15, -0.1) is 0 Å². The summed E-state index contributed by atoms with van der Waals surface area (Å²) >= 11 is 1.98. The van der Waals surface area contributed by atoms with Crippen LogP contribution in [-0.4, -0.2) is 23.1 Å². The predicted molar refractivity (Wildman–Crippen MR) is 52.3 cm³/mol. The Bertz CT molecular complexity index is 163. The van der Waals surface area contributed by atoms with Gasteiger partial charge in [0.1, 0.15) is 0 Å². The van der Waals surface area contributed by atoms with Crippen LogP contribution in [-0.2, 0) is 0 Å². The van der Waals surface area contributed by atoms with Gasteiger partial charge in [-0.05, 0) is 25.0 Å². The Kier molecular flexibility index (Phi) is 3.72. The number of thioether (sulfide) groups is 1. The lowest BCUT2D eigenvalue weighted by atomic mass is 10.3. The lowest BCUT2D eigenvalue weighted by molar-refractivity contribution is 0.245. The molecular formula is C8H16N2OS. The van der Waals surface area contributed by atoms with Crippen LogP contribution in [0.25, 0.3) is 0 Å². The van der Waals surface area contributed by atoms with Crippen LogP contribution in [0.4, 0.5) is 4.79 Å². The maximum atomic E-state index is 10.5. The third-order valence-electron chi connectivity index (χ3n) is 2.13. The number of nitrogens with two attached hydrogens (primary N) is 1. The zero-order valence-corrected chi connectivity index (χ0v) is 8.19. The summed E-state index contributed by atoms with van der Waals surface area (Å²) in [7, 11) is 0. The molecule has 70 valence electrons. The van der Waals surface area contributed by atoms with Gasteiger partial charge in [0.05, 0.1) is 0 Å². The molecule has 1 aliphatic carbocycles. The van der Waals surface area contributed by atoms with Gasteiger partial charge in [0, 0.05) is 11.3 Å². The number of rotatable bonds is 3. The van der Waals surface area contributed by atoms with E-state index in [2.05, 4.69) is 12.2 Å². The van der Waals surface area contributed by atoms with Crippen LogP contribution in [0.15, 0.2) is 0 Å². The molecule has 2 atom stereocenters. The summed E-state index contributed by atoms with van der Waals surface area (Å²) in [6, 6.07) is -0.0614. The number of primary amides is 1. The van der Waals surface area contributed by atoms with E-state index in [0.717, 1.165) is 23.8 Å². The van der Waals surface area contributed by atoms with Crippen LogP contribution in [0.2, 0.25) is 0 Å². The average molecular weight is 188 g/mol. The van der Waals surface area contributed by atoms with Gasteiger partial charge in [0.2, 0.25) is 0 Å². The molecule has 0 bridgehead atoms. The Hall–Kier alpha value is -0.380. The lowest BCUT2D eigenvalue weighted by Crippen LogP contribution is -2.37. The van der Waals surface area contributed by atoms with E-state index in [1.165, 1.54) is 6.42 Å². The Morgan fingerprint density at radius 3 is 3.00 bits per heavy atom. The highest BCUT2D eigenvalue weighted by Crippen LogP contribution is 2.29. The first-order valence-corrected chi connectivity index (χ1v) is 5.44. The molecule has 1 rings (SSSR count). The van der Waals surface area contributed by atoms with Gasteiger partial charge in [0.15, 0.2) is 0 Å². The van der Waals surface area contributed by atoms with Crippen molar-refractivity contribution in [3.63, 3.8) is 0 Å². The molecule has 4 heteroatoms. The molecule has 0 aromatic rings. The summed E-state index contributed by atoms with van der Waals surface area (Å²) < 4.78 is 0. The third kappa shape index (κ3) is 2.93. The average Bonchev–Trinajstić information content (AvgIpc) is 2.36. The monoisotopic (exact) mass is 188 g/mol. The zero-order chi connectivity index (χ0) is 8.97. The Labute approximate surface area is 77.5 Å². The number of carbonyl (C=O) groups is 1. The van der Waals surface area contributed by atoms with Crippen molar-refractivity contribution in [2.24, 2.45) is 5.73 Å². The molecule has 2 amide bonds. The van der Waals surface area contributed by atoms with Gasteiger partial charge in [-0.1, -0.05) is 6.92 Å². The number of hydrogen-bond acceptors (Lipinski definition) is 2. The second kappa shape index (κ2) is 4.60. The largest absolute Gasteiger partial charge is 0.352 e. The van der Waals surface area contributed by atoms with Crippen LogP contribution in [0.1, 0.15) is 26.2 Å². The molecule has 0 aromatic carbocycles. The van der Waals surface area contributed by atoms with E-state index in [0.29, 0.717) is 6.04 Å². The summed E-state index contributed by atoms with van der Waals surface area (Å²) in [4.78, 5) is 10.5. The molecule has 0 radical (unpaired) electrons. The molecule has 1 aliphatic rings. The van der Waals surface area contributed by atoms with E-state index in [1.54, 1.807) is 0 Å². The van der Waals surface area contributed by atoms with Crippen molar-refractivity contribution in [3.8, 4) is 0 Å². The number of hydrogen-bond donors (Lipinski definition) is 2. The van der Waals surface area contributed by atoms with E-state index in [9.17, 15) is 4.79 Å². The van der Waals surface area contributed by atoms with Crippen LogP contribution >= 0.6 is 11.8 Å². The number of carbonyl (C=O) groups excluding carboxylic acids is 1. The highest BCUT2D eigenvalue weighted by molar-refractivity contribution is 7.99. The summed E-state index contributed by atoms with van der Waals surface area (Å²) in [6.07, 6.45) is 3.38. The van der Waals surface area contributed by atoms with Crippen molar-refractivity contribution in [1.29, 1.82) is 0 Å². The SMILES string of the molecule is CCSC1CCC(NC(N)=O)C1. The van der Waals surface area contributed by atoms with Crippen molar-refractivity contribution in [2.75, 3.05) is 5.75 Å². The van der Waals surface area contributed by atoms with E-state index in [-0.39, 0.29) is 6.03 Å². The predicted octanol–water partition coefficient (Wildman–Crippen LogP) is 1.33. The molecule has 2 unspecified atom stereocenters. The fraction of sp³-hybridized carbons (Fsp3) is 0.875. The number of nitrogens with one attached hydrogen (secondary N) is 1. The van der Waals surface area contributed by atoms with Crippen LogP contribution in [0.3, 0.4) is 0 Å². The molecule has 12 heavy (non-hydrogen) atoms. The minimum absolute atomic E-state index is 0.326. The molecular weight excluding hydrogens is 172 g/mol. The van der Waals surface area contributed by atoms with Gasteiger partial charge >= 0.3 is 6.03 Å². The molecule has 0 aliphatic heterocycles. The van der Waals surface area contributed by atoms with Crippen LogP contribution in [0.5, 0.6) is 0 Å². The van der Waals surface area contributed by atoms with Crippen molar-refractivity contribution in [2.45, 2.75) is 37.5 Å². The molecule has 0 heterocycles. The molecule has 1 saturated carbocycles. The van der Waals surface area contributed by atoms with E-state index >= 15 is 0 Å². The first-order chi connectivity index (χ1) is 5.72. The van der Waals surface area contributed by atoms with E-state index < -0.39 is 0 Å². The normalized spacial score (nSPS) is 28.8. The number of urea groups is 1. The van der Waals surface area contributed by atoms with Gasteiger partial charge in [-0.25, -0.2) is 4.79 Å². The summed E-state index contributed by atoms with van der Waals surface area (Å²) in [5.74, 6) is 1.16. The topological polar surface area (TPSA) is 55.1 Å². The van der Waals surface area contributed by atoms with E-state index in [1.807, 2.05) is 11.8 Å². The van der Waals surface area contributed by atoms with Crippen molar-refractivity contribution in [3.05, 3.63) is 0 Å². The molecule has 0 spiro atoms. The molecule has 3 nitrogen and oxygen atoms in total. The molecule has 0 aromatic heterocycles. The second-order valence-corrected chi connectivity index (χ2v) is 4.67. The maximum Gasteiger partial charge on any atom is 0.312 e. The lowest BCUT2D eigenvalue weighted by Gasteiger charge is -2.10. The standard InChI is InChI=1S/C8H16N2OS/c1-2-12-7-4-3-6(5-7)10-8(9)11/h6-7H,2-5H2,1H3,(H3,9,10,11). The Morgan fingerprint density at radius 1 is 1.67 bits per heavy atom. The second-order valence-electron chi connectivity index (χ2n) is 3.10. The first-order valence-electron chi connectivity index (χ1n) is 4.40. The van der Waals surface area contributed by atoms with Gasteiger partial charge < -0.3 is 11.1 Å². The molecule has 1 fully saturated rings.